The molecule has 6 heteroatoms. The van der Waals surface area contributed by atoms with Gasteiger partial charge in [0.2, 0.25) is 11.8 Å². The number of hydrogen-bond acceptors (Lipinski definition) is 4. The fraction of sp³-hybridized carbons (Fsp3) is 0.909. The Labute approximate surface area is 169 Å². The first-order valence-corrected chi connectivity index (χ1v) is 11.6. The molecule has 158 valence electrons. The first kappa shape index (κ1) is 20.1. The molecule has 2 amide bonds. The molecule has 1 N–H and O–H groups in total. The van der Waals surface area contributed by atoms with Crippen molar-refractivity contribution in [3.63, 3.8) is 0 Å². The second-order valence-electron chi connectivity index (χ2n) is 9.21. The highest BCUT2D eigenvalue weighted by Crippen LogP contribution is 2.32. The molecular weight excluding hydrogens is 354 g/mol. The van der Waals surface area contributed by atoms with Gasteiger partial charge in [-0.05, 0) is 44.4 Å². The third-order valence-electron chi connectivity index (χ3n) is 7.37. The van der Waals surface area contributed by atoms with Crippen LogP contribution in [0, 0.1) is 11.8 Å². The topological polar surface area (TPSA) is 61.9 Å². The summed E-state index contributed by atoms with van der Waals surface area (Å²) in [4.78, 5) is 30.3. The van der Waals surface area contributed by atoms with Gasteiger partial charge in [0.05, 0.1) is 12.1 Å². The van der Waals surface area contributed by atoms with Crippen molar-refractivity contribution in [2.24, 2.45) is 11.8 Å². The molecule has 0 aromatic heterocycles. The number of ether oxygens (including phenoxy) is 1. The third-order valence-corrected chi connectivity index (χ3v) is 7.37. The molecule has 0 aromatic carbocycles. The van der Waals surface area contributed by atoms with Crippen molar-refractivity contribution >= 4 is 11.8 Å². The summed E-state index contributed by atoms with van der Waals surface area (Å²) in [5, 5.41) is 3.19. The van der Waals surface area contributed by atoms with E-state index in [2.05, 4.69) is 15.1 Å². The molecule has 0 bridgehead atoms. The Kier molecular flexibility index (Phi) is 6.89. The van der Waals surface area contributed by atoms with E-state index in [1.807, 2.05) is 0 Å². The van der Waals surface area contributed by atoms with Crippen LogP contribution in [0.5, 0.6) is 0 Å². The van der Waals surface area contributed by atoms with Gasteiger partial charge in [-0.3, -0.25) is 14.5 Å². The quantitative estimate of drug-likeness (QED) is 0.754. The molecule has 0 radical (unpaired) electrons. The molecule has 0 unspecified atom stereocenters. The Hall–Kier alpha value is -1.14. The number of amides is 2. The van der Waals surface area contributed by atoms with Crippen LogP contribution in [0.25, 0.3) is 0 Å². The highest BCUT2D eigenvalue weighted by molar-refractivity contribution is 5.82. The number of rotatable bonds is 6. The maximum absolute atomic E-state index is 13.1. The van der Waals surface area contributed by atoms with E-state index in [0.29, 0.717) is 18.4 Å². The summed E-state index contributed by atoms with van der Waals surface area (Å²) in [5.74, 6) is 1.25. The van der Waals surface area contributed by atoms with E-state index in [1.54, 1.807) is 0 Å². The largest absolute Gasteiger partial charge is 0.376 e. The van der Waals surface area contributed by atoms with Gasteiger partial charge >= 0.3 is 0 Å². The molecule has 4 rings (SSSR count). The maximum Gasteiger partial charge on any atom is 0.237 e. The van der Waals surface area contributed by atoms with E-state index in [0.717, 1.165) is 71.3 Å². The van der Waals surface area contributed by atoms with Gasteiger partial charge in [0, 0.05) is 45.2 Å². The lowest BCUT2D eigenvalue weighted by atomic mass is 9.94. The van der Waals surface area contributed by atoms with Gasteiger partial charge in [-0.15, -0.1) is 0 Å². The highest BCUT2D eigenvalue weighted by atomic mass is 16.5. The Balaban J connectivity index is 1.32. The molecule has 6 nitrogen and oxygen atoms in total. The molecule has 2 heterocycles. The molecule has 2 atom stereocenters. The van der Waals surface area contributed by atoms with Crippen molar-refractivity contribution in [2.75, 3.05) is 39.3 Å². The first-order valence-electron chi connectivity index (χ1n) is 11.6. The summed E-state index contributed by atoms with van der Waals surface area (Å²) in [5.41, 5.74) is 0. The zero-order valence-corrected chi connectivity index (χ0v) is 17.2. The van der Waals surface area contributed by atoms with Crippen molar-refractivity contribution < 1.29 is 14.3 Å². The first-order chi connectivity index (χ1) is 13.7. The van der Waals surface area contributed by atoms with Gasteiger partial charge in [0.25, 0.3) is 0 Å². The number of carbonyl (C=O) groups excluding carboxylic acids is 2. The van der Waals surface area contributed by atoms with Gasteiger partial charge in [0.15, 0.2) is 0 Å². The zero-order chi connectivity index (χ0) is 19.3. The van der Waals surface area contributed by atoms with E-state index in [-0.39, 0.29) is 24.0 Å². The smallest absolute Gasteiger partial charge is 0.237 e. The standard InChI is InChI=1S/C22H37N3O3/c26-21(23-16-19-10-5-15-28-19)20(17-6-1-2-7-17)24-11-13-25(14-12-24)22(27)18-8-3-4-9-18/h17-20H,1-16H2,(H,23,26)/t19-,20-/m0/s1. The Morgan fingerprint density at radius 1 is 0.893 bits per heavy atom. The second kappa shape index (κ2) is 9.57. The average Bonchev–Trinajstić information content (AvgIpc) is 3.50. The van der Waals surface area contributed by atoms with Crippen LogP contribution < -0.4 is 5.32 Å². The van der Waals surface area contributed by atoms with Crippen molar-refractivity contribution in [1.82, 2.24) is 15.1 Å². The van der Waals surface area contributed by atoms with Crippen LogP contribution in [0.3, 0.4) is 0 Å². The minimum Gasteiger partial charge on any atom is -0.376 e. The molecule has 0 aromatic rings. The van der Waals surface area contributed by atoms with E-state index in [1.165, 1.54) is 25.7 Å². The number of carbonyl (C=O) groups is 2. The number of nitrogens with one attached hydrogen (secondary N) is 1. The van der Waals surface area contributed by atoms with Crippen LogP contribution in [0.1, 0.15) is 64.2 Å². The summed E-state index contributed by atoms with van der Waals surface area (Å²) in [6.07, 6.45) is 11.6. The van der Waals surface area contributed by atoms with Crippen molar-refractivity contribution in [3.05, 3.63) is 0 Å². The van der Waals surface area contributed by atoms with Crippen LogP contribution in [0.15, 0.2) is 0 Å². The van der Waals surface area contributed by atoms with E-state index in [4.69, 9.17) is 4.74 Å². The summed E-state index contributed by atoms with van der Waals surface area (Å²) >= 11 is 0. The van der Waals surface area contributed by atoms with Crippen molar-refractivity contribution in [3.8, 4) is 0 Å². The summed E-state index contributed by atoms with van der Waals surface area (Å²) in [6.45, 7) is 4.67. The Morgan fingerprint density at radius 2 is 1.57 bits per heavy atom. The number of hydrogen-bond donors (Lipinski definition) is 1. The summed E-state index contributed by atoms with van der Waals surface area (Å²) in [7, 11) is 0. The van der Waals surface area contributed by atoms with Gasteiger partial charge in [-0.25, -0.2) is 0 Å². The molecule has 2 aliphatic heterocycles. The number of nitrogens with zero attached hydrogens (tertiary/aromatic N) is 2. The van der Waals surface area contributed by atoms with Crippen LogP contribution >= 0.6 is 0 Å². The molecule has 0 spiro atoms. The van der Waals surface area contributed by atoms with Gasteiger partial charge < -0.3 is 15.0 Å². The predicted octanol–water partition coefficient (Wildman–Crippen LogP) is 2.17. The van der Waals surface area contributed by atoms with Gasteiger partial charge in [-0.2, -0.15) is 0 Å². The Bertz CT molecular complexity index is 529. The van der Waals surface area contributed by atoms with E-state index in [9.17, 15) is 9.59 Å². The molecular formula is C22H37N3O3. The van der Waals surface area contributed by atoms with Crippen molar-refractivity contribution in [1.29, 1.82) is 0 Å². The van der Waals surface area contributed by atoms with Crippen LogP contribution in [-0.4, -0.2) is 73.1 Å². The molecule has 4 fully saturated rings. The normalized spacial score (nSPS) is 28.7. The van der Waals surface area contributed by atoms with Crippen LogP contribution in [0.4, 0.5) is 0 Å². The van der Waals surface area contributed by atoms with E-state index >= 15 is 0 Å². The summed E-state index contributed by atoms with van der Waals surface area (Å²) < 4.78 is 5.67. The second-order valence-corrected chi connectivity index (χ2v) is 9.21. The van der Waals surface area contributed by atoms with E-state index < -0.39 is 0 Å². The lowest BCUT2D eigenvalue weighted by Gasteiger charge is -2.41. The van der Waals surface area contributed by atoms with Gasteiger partial charge in [0.1, 0.15) is 0 Å². The minimum absolute atomic E-state index is 0.0346. The fourth-order valence-electron chi connectivity index (χ4n) is 5.73. The SMILES string of the molecule is O=C(NC[C@@H]1CCCO1)[C@H](C1CCCC1)N1CCN(C(=O)C2CCCC2)CC1. The maximum atomic E-state index is 13.1. The van der Waals surface area contributed by atoms with Crippen LogP contribution in [0.2, 0.25) is 0 Å². The lowest BCUT2D eigenvalue weighted by molar-refractivity contribution is -0.138. The molecule has 4 aliphatic rings. The van der Waals surface area contributed by atoms with Crippen molar-refractivity contribution in [2.45, 2.75) is 76.4 Å². The fourth-order valence-corrected chi connectivity index (χ4v) is 5.73. The molecule has 2 saturated heterocycles. The molecule has 2 saturated carbocycles. The summed E-state index contributed by atoms with van der Waals surface area (Å²) in [6, 6.07) is -0.0346. The highest BCUT2D eigenvalue weighted by Gasteiger charge is 2.38. The average molecular weight is 392 g/mol. The number of piperazine rings is 1. The van der Waals surface area contributed by atoms with Crippen LogP contribution in [-0.2, 0) is 14.3 Å². The van der Waals surface area contributed by atoms with Gasteiger partial charge in [-0.1, -0.05) is 25.7 Å². The predicted molar refractivity (Wildman–Crippen MR) is 108 cm³/mol. The Morgan fingerprint density at radius 3 is 2.21 bits per heavy atom. The molecule has 2 aliphatic carbocycles. The monoisotopic (exact) mass is 391 g/mol. The zero-order valence-electron chi connectivity index (χ0n) is 17.2. The third kappa shape index (κ3) is 4.70. The minimum atomic E-state index is -0.0346. The lowest BCUT2D eigenvalue weighted by Crippen LogP contribution is -2.58. The molecule has 28 heavy (non-hydrogen) atoms.